The smallest absolute Gasteiger partial charge is 0.135 e. The zero-order valence-electron chi connectivity index (χ0n) is 33.7. The number of hydrogen-bond acceptors (Lipinski definition) is 1. The number of hydrogen-bond donors (Lipinski definition) is 0. The minimum atomic E-state index is -0.251. The molecule has 11 aromatic rings. The average molecular weight is 703 g/mol. The highest BCUT2D eigenvalue weighted by Crippen LogP contribution is 2.45. The molecule has 0 bridgehead atoms. The van der Waals surface area contributed by atoms with Crippen LogP contribution in [0.2, 0.25) is 0 Å². The van der Waals surface area contributed by atoms with E-state index >= 15 is 0 Å². The first kappa shape index (κ1) is 27.4. The van der Waals surface area contributed by atoms with Gasteiger partial charge in [0.05, 0.1) is 5.48 Å². The van der Waals surface area contributed by atoms with E-state index in [0.717, 1.165) is 77.2 Å². The fourth-order valence-corrected chi connectivity index (χ4v) is 8.38. The normalized spacial score (nSPS) is 12.7. The third-order valence-corrected chi connectivity index (χ3v) is 11.0. The molecule has 0 atom stereocenters. The standard InChI is InChI=1S/C54H34O/c1-3-14-36(15-4-1)48-32-39(25-28-43(48)41-24-23-35-13-7-8-18-38(35)31-41)40-26-29-51-49(33-40)50-34-42(27-30-52(50)55-51)54-46-21-11-9-19-44(46)53(37-16-5-2-6-17-37)45-20-10-12-22-47(45)54/h1-34H/i9D,11D,19D,21D. The van der Waals surface area contributed by atoms with Crippen molar-refractivity contribution in [2.45, 2.75) is 0 Å². The molecule has 0 N–H and O–H groups in total. The van der Waals surface area contributed by atoms with Crippen molar-refractivity contribution >= 4 is 54.3 Å². The Bertz CT molecular complexity index is 3480. The van der Waals surface area contributed by atoms with Crippen molar-refractivity contribution in [3.8, 4) is 55.6 Å². The van der Waals surface area contributed by atoms with Gasteiger partial charge in [-0.05, 0) is 124 Å². The van der Waals surface area contributed by atoms with Gasteiger partial charge in [-0.1, -0.05) is 170 Å². The van der Waals surface area contributed by atoms with Gasteiger partial charge in [0, 0.05) is 10.8 Å². The second-order valence-electron chi connectivity index (χ2n) is 14.1. The van der Waals surface area contributed by atoms with Gasteiger partial charge in [0.15, 0.2) is 0 Å². The number of rotatable bonds is 5. The molecule has 1 heterocycles. The Kier molecular flexibility index (Phi) is 6.34. The zero-order valence-corrected chi connectivity index (χ0v) is 29.7. The Morgan fingerprint density at radius 2 is 0.836 bits per heavy atom. The van der Waals surface area contributed by atoms with Crippen LogP contribution in [0.25, 0.3) is 110 Å². The van der Waals surface area contributed by atoms with Crippen LogP contribution in [0, 0.1) is 0 Å². The lowest BCUT2D eigenvalue weighted by Crippen LogP contribution is -1.90. The van der Waals surface area contributed by atoms with Crippen molar-refractivity contribution in [3.63, 3.8) is 0 Å². The minimum absolute atomic E-state index is 0.0483. The van der Waals surface area contributed by atoms with Crippen LogP contribution in [0.1, 0.15) is 5.48 Å². The largest absolute Gasteiger partial charge is 0.456 e. The fraction of sp³-hybridized carbons (Fsp3) is 0. The van der Waals surface area contributed by atoms with Gasteiger partial charge >= 0.3 is 0 Å². The number of benzene rings is 10. The van der Waals surface area contributed by atoms with Crippen molar-refractivity contribution in [1.29, 1.82) is 0 Å². The molecular weight excluding hydrogens is 665 g/mol. The van der Waals surface area contributed by atoms with Gasteiger partial charge in [0.2, 0.25) is 0 Å². The van der Waals surface area contributed by atoms with Gasteiger partial charge in [0.1, 0.15) is 11.2 Å². The maximum atomic E-state index is 9.31. The first-order chi connectivity index (χ1) is 28.9. The average Bonchev–Trinajstić information content (AvgIpc) is 3.67. The lowest BCUT2D eigenvalue weighted by molar-refractivity contribution is 0.669. The van der Waals surface area contributed by atoms with Crippen molar-refractivity contribution in [2.75, 3.05) is 0 Å². The van der Waals surface area contributed by atoms with Crippen molar-refractivity contribution in [1.82, 2.24) is 0 Å². The summed E-state index contributed by atoms with van der Waals surface area (Å²) in [6, 6.07) is 62.2. The molecule has 1 aromatic heterocycles. The van der Waals surface area contributed by atoms with E-state index in [-0.39, 0.29) is 24.2 Å². The second kappa shape index (κ2) is 12.7. The third-order valence-electron chi connectivity index (χ3n) is 11.0. The molecular formula is C54H34O. The van der Waals surface area contributed by atoms with Crippen LogP contribution in [0.3, 0.4) is 0 Å². The predicted octanol–water partition coefficient (Wildman–Crippen LogP) is 15.4. The van der Waals surface area contributed by atoms with Crippen molar-refractivity contribution in [2.24, 2.45) is 0 Å². The molecule has 0 aliphatic carbocycles. The van der Waals surface area contributed by atoms with Gasteiger partial charge in [-0.3, -0.25) is 0 Å². The highest BCUT2D eigenvalue weighted by atomic mass is 16.3. The summed E-state index contributed by atoms with van der Waals surface area (Å²) in [5.41, 5.74) is 11.6. The van der Waals surface area contributed by atoms with E-state index < -0.39 is 0 Å². The van der Waals surface area contributed by atoms with E-state index in [2.05, 4.69) is 115 Å². The van der Waals surface area contributed by atoms with E-state index in [9.17, 15) is 2.74 Å². The summed E-state index contributed by atoms with van der Waals surface area (Å²) in [5, 5.41) is 7.17. The van der Waals surface area contributed by atoms with Crippen LogP contribution < -0.4 is 0 Å². The Balaban J connectivity index is 1.12. The van der Waals surface area contributed by atoms with Crippen LogP contribution in [0.4, 0.5) is 0 Å². The minimum Gasteiger partial charge on any atom is -0.456 e. The van der Waals surface area contributed by atoms with Crippen molar-refractivity contribution < 1.29 is 9.90 Å². The molecule has 0 spiro atoms. The molecule has 1 nitrogen and oxygen atoms in total. The quantitative estimate of drug-likeness (QED) is 0.163. The van der Waals surface area contributed by atoms with E-state index in [1.807, 2.05) is 66.7 Å². The summed E-state index contributed by atoms with van der Waals surface area (Å²) < 4.78 is 42.5. The van der Waals surface area contributed by atoms with Gasteiger partial charge in [-0.15, -0.1) is 0 Å². The zero-order chi connectivity index (χ0) is 39.8. The Labute approximate surface area is 325 Å². The van der Waals surface area contributed by atoms with Crippen LogP contribution in [0.5, 0.6) is 0 Å². The predicted molar refractivity (Wildman–Crippen MR) is 233 cm³/mol. The molecule has 0 aliphatic heterocycles. The molecule has 0 saturated carbocycles. The van der Waals surface area contributed by atoms with E-state index in [0.29, 0.717) is 10.8 Å². The van der Waals surface area contributed by atoms with Crippen LogP contribution in [-0.2, 0) is 0 Å². The number of furan rings is 1. The first-order valence-corrected chi connectivity index (χ1v) is 18.6. The summed E-state index contributed by atoms with van der Waals surface area (Å²) in [6.45, 7) is 0. The molecule has 256 valence electrons. The van der Waals surface area contributed by atoms with E-state index in [1.54, 1.807) is 0 Å². The number of fused-ring (bicyclic) bond motifs is 6. The van der Waals surface area contributed by atoms with Gasteiger partial charge in [0.25, 0.3) is 0 Å². The molecule has 0 unspecified atom stereocenters. The van der Waals surface area contributed by atoms with Gasteiger partial charge in [-0.25, -0.2) is 0 Å². The maximum absolute atomic E-state index is 9.31. The maximum Gasteiger partial charge on any atom is 0.135 e. The second-order valence-corrected chi connectivity index (χ2v) is 14.1. The lowest BCUT2D eigenvalue weighted by atomic mass is 9.86. The third kappa shape index (κ3) is 5.24. The highest BCUT2D eigenvalue weighted by Gasteiger charge is 2.18. The lowest BCUT2D eigenvalue weighted by Gasteiger charge is -2.17. The SMILES string of the molecule is [2H]c1c([2H])c([2H])c2c(-c3ccc4oc5ccc(-c6ccc(-c7ccc8ccccc8c7)c(-c7ccccc7)c6)cc5c4c3)c3ccccc3c(-c3ccccc3)c2c1[2H]. The molecule has 0 fully saturated rings. The van der Waals surface area contributed by atoms with Gasteiger partial charge < -0.3 is 4.42 Å². The van der Waals surface area contributed by atoms with Crippen LogP contribution >= 0.6 is 0 Å². The molecule has 55 heavy (non-hydrogen) atoms. The summed E-state index contributed by atoms with van der Waals surface area (Å²) in [6.07, 6.45) is 0. The highest BCUT2D eigenvalue weighted by molar-refractivity contribution is 6.22. The van der Waals surface area contributed by atoms with E-state index in [1.165, 1.54) is 21.9 Å². The molecule has 0 radical (unpaired) electrons. The molecule has 0 saturated heterocycles. The molecule has 0 amide bonds. The Hall–Kier alpha value is -7.22. The Morgan fingerprint density at radius 1 is 0.309 bits per heavy atom. The topological polar surface area (TPSA) is 13.1 Å². The van der Waals surface area contributed by atoms with Crippen LogP contribution in [-0.4, -0.2) is 0 Å². The molecule has 11 rings (SSSR count). The molecule has 0 aliphatic rings. The fourth-order valence-electron chi connectivity index (χ4n) is 8.38. The summed E-state index contributed by atoms with van der Waals surface area (Å²) in [7, 11) is 0. The summed E-state index contributed by atoms with van der Waals surface area (Å²) in [5.74, 6) is 0. The van der Waals surface area contributed by atoms with Crippen molar-refractivity contribution in [3.05, 3.63) is 206 Å². The summed E-state index contributed by atoms with van der Waals surface area (Å²) in [4.78, 5) is 0. The monoisotopic (exact) mass is 702 g/mol. The Morgan fingerprint density at radius 3 is 1.55 bits per heavy atom. The van der Waals surface area contributed by atoms with E-state index in [4.69, 9.17) is 7.16 Å². The van der Waals surface area contributed by atoms with Crippen LogP contribution in [0.15, 0.2) is 211 Å². The summed E-state index contributed by atoms with van der Waals surface area (Å²) >= 11 is 0. The first-order valence-electron chi connectivity index (χ1n) is 20.6. The molecule has 1 heteroatoms. The molecule has 10 aromatic carbocycles. The van der Waals surface area contributed by atoms with Gasteiger partial charge in [-0.2, -0.15) is 0 Å².